The molecule has 0 unspecified atom stereocenters. The molecule has 0 saturated heterocycles. The highest BCUT2D eigenvalue weighted by Gasteiger charge is 2.22. The van der Waals surface area contributed by atoms with Gasteiger partial charge in [0.1, 0.15) is 5.75 Å². The van der Waals surface area contributed by atoms with E-state index in [1.165, 1.54) is 0 Å². The van der Waals surface area contributed by atoms with Gasteiger partial charge in [-0.1, -0.05) is 49.1 Å². The van der Waals surface area contributed by atoms with E-state index >= 15 is 0 Å². The lowest BCUT2D eigenvalue weighted by molar-refractivity contribution is 0.0957. The first-order valence-corrected chi connectivity index (χ1v) is 10.9. The van der Waals surface area contributed by atoms with Gasteiger partial charge in [-0.25, -0.2) is 4.98 Å². The van der Waals surface area contributed by atoms with Gasteiger partial charge in [-0.3, -0.25) is 4.79 Å². The van der Waals surface area contributed by atoms with Gasteiger partial charge in [0.05, 0.1) is 29.6 Å². The molecule has 4 rings (SSSR count). The van der Waals surface area contributed by atoms with E-state index < -0.39 is 0 Å². The van der Waals surface area contributed by atoms with Crippen LogP contribution in [0.1, 0.15) is 35.2 Å². The molecule has 0 radical (unpaired) electrons. The molecule has 164 valence electrons. The van der Waals surface area contributed by atoms with E-state index in [9.17, 15) is 10.1 Å². The number of carbonyl (C=O) groups excluding carboxylic acids is 1. The number of hydrogen-bond donors (Lipinski definition) is 1. The first-order valence-electron chi connectivity index (χ1n) is 10.9. The van der Waals surface area contributed by atoms with Crippen LogP contribution in [0.25, 0.3) is 23.4 Å². The third-order valence-electron chi connectivity index (χ3n) is 5.62. The summed E-state index contributed by atoms with van der Waals surface area (Å²) >= 11 is 0. The van der Waals surface area contributed by atoms with Gasteiger partial charge in [0.15, 0.2) is 0 Å². The van der Waals surface area contributed by atoms with E-state index in [0.29, 0.717) is 24.3 Å². The molecule has 1 amide bonds. The average Bonchev–Trinajstić information content (AvgIpc) is 2.87. The first kappa shape index (κ1) is 22.0. The zero-order chi connectivity index (χ0) is 23.2. The number of carbonyl (C=O) groups is 1. The predicted molar refractivity (Wildman–Crippen MR) is 130 cm³/mol. The minimum atomic E-state index is -0.253. The number of pyridine rings is 1. The van der Waals surface area contributed by atoms with Crippen LogP contribution in [0.4, 0.5) is 0 Å². The zero-order valence-electron chi connectivity index (χ0n) is 18.5. The summed E-state index contributed by atoms with van der Waals surface area (Å²) in [6.07, 6.45) is 4.53. The molecule has 1 aliphatic rings. The van der Waals surface area contributed by atoms with Crippen LogP contribution in [-0.4, -0.2) is 24.0 Å². The Morgan fingerprint density at radius 2 is 2.06 bits per heavy atom. The molecule has 3 aromatic rings. The van der Waals surface area contributed by atoms with Crippen molar-refractivity contribution in [3.63, 3.8) is 0 Å². The second-order valence-corrected chi connectivity index (χ2v) is 7.88. The lowest BCUT2D eigenvalue weighted by atomic mass is 9.93. The molecule has 1 atom stereocenters. The fourth-order valence-electron chi connectivity index (χ4n) is 3.83. The van der Waals surface area contributed by atoms with E-state index in [1.54, 1.807) is 18.2 Å². The fourth-order valence-corrected chi connectivity index (χ4v) is 3.83. The Morgan fingerprint density at radius 1 is 1.24 bits per heavy atom. The second-order valence-electron chi connectivity index (χ2n) is 7.88. The minimum Gasteiger partial charge on any atom is -0.493 e. The number of nitriles is 1. The van der Waals surface area contributed by atoms with Crippen LogP contribution in [0.5, 0.6) is 5.75 Å². The van der Waals surface area contributed by atoms with Crippen molar-refractivity contribution >= 4 is 18.1 Å². The Balaban J connectivity index is 1.51. The summed E-state index contributed by atoms with van der Waals surface area (Å²) < 4.78 is 5.61. The Bertz CT molecular complexity index is 1350. The molecule has 0 aliphatic carbocycles. The maximum absolute atomic E-state index is 12.7. The monoisotopic (exact) mass is 435 g/mol. The molecule has 1 N–H and O–H groups in total. The summed E-state index contributed by atoms with van der Waals surface area (Å²) in [6, 6.07) is 21.6. The smallest absolute Gasteiger partial charge is 0.251 e. The lowest BCUT2D eigenvalue weighted by Gasteiger charge is -2.21. The lowest BCUT2D eigenvalue weighted by Crippen LogP contribution is -2.30. The van der Waals surface area contributed by atoms with Crippen LogP contribution < -0.4 is 20.6 Å². The summed E-state index contributed by atoms with van der Waals surface area (Å²) in [5.41, 5.74) is 3.93. The summed E-state index contributed by atoms with van der Waals surface area (Å²) in [5.74, 6) is 0.203. The molecular weight excluding hydrogens is 410 g/mol. The first-order chi connectivity index (χ1) is 16.1. The number of amides is 1. The highest BCUT2D eigenvalue weighted by molar-refractivity contribution is 5.95. The van der Waals surface area contributed by atoms with Crippen LogP contribution in [0.3, 0.4) is 0 Å². The fraction of sp³-hybridized carbons (Fsp3) is 0.179. The zero-order valence-corrected chi connectivity index (χ0v) is 18.5. The summed E-state index contributed by atoms with van der Waals surface area (Å²) in [5, 5.41) is 14.1. The van der Waals surface area contributed by atoms with Crippen molar-refractivity contribution in [1.82, 2.24) is 10.3 Å². The standard InChI is InChI=1S/C28H25N3O2/c1-3-20-9-11-25(21-7-5-4-6-8-21)31-26(20)15-19(2)18-30-28(32)22-10-12-27-24(16-22)23(17-29)13-14-33-27/h3-12,15-16,23H,2,13-14,18H2,1H3,(H,30,32)/b20-3-,26-15+/t23-/m0/s1. The number of nitrogens with one attached hydrogen (secondary N) is 1. The van der Waals surface area contributed by atoms with Gasteiger partial charge in [0, 0.05) is 29.7 Å². The highest BCUT2D eigenvalue weighted by atomic mass is 16.5. The van der Waals surface area contributed by atoms with Crippen LogP contribution in [0.2, 0.25) is 0 Å². The molecule has 1 aromatic heterocycles. The van der Waals surface area contributed by atoms with Gasteiger partial charge in [-0.2, -0.15) is 5.26 Å². The maximum atomic E-state index is 12.7. The Morgan fingerprint density at radius 3 is 2.82 bits per heavy atom. The molecular formula is C28H25N3O2. The van der Waals surface area contributed by atoms with E-state index in [0.717, 1.165) is 33.0 Å². The van der Waals surface area contributed by atoms with Crippen LogP contribution >= 0.6 is 0 Å². The number of fused-ring (bicyclic) bond motifs is 1. The average molecular weight is 436 g/mol. The summed E-state index contributed by atoms with van der Waals surface area (Å²) in [6.45, 7) is 6.87. The van der Waals surface area contributed by atoms with Gasteiger partial charge < -0.3 is 10.1 Å². The van der Waals surface area contributed by atoms with E-state index in [4.69, 9.17) is 9.72 Å². The molecule has 5 heteroatoms. The largest absolute Gasteiger partial charge is 0.493 e. The second kappa shape index (κ2) is 9.97. The van der Waals surface area contributed by atoms with Gasteiger partial charge >= 0.3 is 0 Å². The van der Waals surface area contributed by atoms with Crippen molar-refractivity contribution in [2.24, 2.45) is 0 Å². The number of benzene rings is 2. The third kappa shape index (κ3) is 5.02. The van der Waals surface area contributed by atoms with E-state index in [1.807, 2.05) is 61.5 Å². The Hall–Kier alpha value is -4.17. The van der Waals surface area contributed by atoms with Crippen molar-refractivity contribution in [2.75, 3.05) is 13.2 Å². The SMILES string of the molecule is C=C(/C=c1/nc(-c2ccccc2)cc/c1=C/C)CNC(=O)c1ccc2c(c1)[C@H](C#N)CCO2. The number of aromatic nitrogens is 1. The van der Waals surface area contributed by atoms with Crippen molar-refractivity contribution in [1.29, 1.82) is 5.26 Å². The van der Waals surface area contributed by atoms with Crippen molar-refractivity contribution in [2.45, 2.75) is 19.3 Å². The minimum absolute atomic E-state index is 0.220. The van der Waals surface area contributed by atoms with Crippen molar-refractivity contribution in [3.8, 4) is 23.1 Å². The van der Waals surface area contributed by atoms with Crippen molar-refractivity contribution in [3.05, 3.63) is 94.5 Å². The number of hydrogen-bond acceptors (Lipinski definition) is 4. The van der Waals surface area contributed by atoms with E-state index in [-0.39, 0.29) is 18.4 Å². The number of nitrogens with zero attached hydrogens (tertiary/aromatic N) is 2. The van der Waals surface area contributed by atoms with Crippen LogP contribution in [-0.2, 0) is 0 Å². The van der Waals surface area contributed by atoms with Crippen LogP contribution in [0, 0.1) is 11.3 Å². The molecule has 1 aliphatic heterocycles. The summed E-state index contributed by atoms with van der Waals surface area (Å²) in [4.78, 5) is 17.5. The van der Waals surface area contributed by atoms with Gasteiger partial charge in [0.25, 0.3) is 5.91 Å². The summed E-state index contributed by atoms with van der Waals surface area (Å²) in [7, 11) is 0. The molecule has 2 heterocycles. The van der Waals surface area contributed by atoms with Crippen LogP contribution in [0.15, 0.2) is 72.8 Å². The third-order valence-corrected chi connectivity index (χ3v) is 5.62. The Labute approximate surface area is 193 Å². The number of ether oxygens (including phenoxy) is 1. The van der Waals surface area contributed by atoms with Crippen molar-refractivity contribution < 1.29 is 9.53 Å². The molecule has 0 fully saturated rings. The topological polar surface area (TPSA) is 75.0 Å². The molecule has 0 bridgehead atoms. The molecule has 0 spiro atoms. The number of rotatable bonds is 5. The van der Waals surface area contributed by atoms with Gasteiger partial charge in [-0.05, 0) is 48.1 Å². The molecule has 2 aromatic carbocycles. The molecule has 33 heavy (non-hydrogen) atoms. The molecule has 0 saturated carbocycles. The van der Waals surface area contributed by atoms with Gasteiger partial charge in [0.2, 0.25) is 0 Å². The van der Waals surface area contributed by atoms with E-state index in [2.05, 4.69) is 18.0 Å². The highest BCUT2D eigenvalue weighted by Crippen LogP contribution is 2.33. The quantitative estimate of drug-likeness (QED) is 0.663. The normalized spacial score (nSPS) is 15.8. The van der Waals surface area contributed by atoms with Gasteiger partial charge in [-0.15, -0.1) is 0 Å². The predicted octanol–water partition coefficient (Wildman–Crippen LogP) is 3.71. The maximum Gasteiger partial charge on any atom is 0.251 e. The molecule has 5 nitrogen and oxygen atoms in total. The Kier molecular flexibility index (Phi) is 6.66.